The summed E-state index contributed by atoms with van der Waals surface area (Å²) in [5.74, 6) is 1.17. The predicted molar refractivity (Wildman–Crippen MR) is 93.7 cm³/mol. The number of rotatable bonds is 5. The summed E-state index contributed by atoms with van der Waals surface area (Å²) in [4.78, 5) is 14.9. The number of carbonyl (C=O) groups is 1. The molecule has 1 atom stereocenters. The number of carbonyl (C=O) groups excluding carboxylic acids is 1. The van der Waals surface area contributed by atoms with Gasteiger partial charge in [-0.3, -0.25) is 4.79 Å². The number of Topliss-reactive ketones (excluding diaryl/α,β-unsaturated/α-hetero) is 1. The van der Waals surface area contributed by atoms with Crippen LogP contribution in [0.1, 0.15) is 31.7 Å². The van der Waals surface area contributed by atoms with E-state index < -0.39 is 0 Å². The molecule has 1 aliphatic rings. The Morgan fingerprint density at radius 3 is 2.41 bits per heavy atom. The molecular formula is C18H26ClNO2. The van der Waals surface area contributed by atoms with Gasteiger partial charge in [-0.15, -0.1) is 12.4 Å². The fourth-order valence-corrected chi connectivity index (χ4v) is 3.19. The molecule has 1 unspecified atom stereocenters. The average molecular weight is 324 g/mol. The number of allylic oxidation sites excluding steroid dienone is 1. The van der Waals surface area contributed by atoms with Crippen LogP contribution in [0.25, 0.3) is 6.08 Å². The minimum Gasteiger partial charge on any atom is -0.497 e. The van der Waals surface area contributed by atoms with Crippen LogP contribution in [0.5, 0.6) is 5.75 Å². The molecule has 0 aromatic heterocycles. The minimum absolute atomic E-state index is 0. The molecule has 0 aliphatic heterocycles. The molecule has 0 amide bonds. The third-order valence-corrected chi connectivity index (χ3v) is 4.40. The van der Waals surface area contributed by atoms with Gasteiger partial charge in [-0.25, -0.2) is 0 Å². The minimum atomic E-state index is -0.193. The van der Waals surface area contributed by atoms with Crippen LogP contribution in [0.4, 0.5) is 0 Å². The zero-order valence-corrected chi connectivity index (χ0v) is 14.7. The molecule has 0 spiro atoms. The molecule has 1 aromatic rings. The molecular weight excluding hydrogens is 298 g/mol. The summed E-state index contributed by atoms with van der Waals surface area (Å²) in [5.41, 5.74) is 1.83. The number of halogens is 1. The van der Waals surface area contributed by atoms with Gasteiger partial charge in [-0.1, -0.05) is 19.1 Å². The number of nitrogens with zero attached hydrogens (tertiary/aromatic N) is 1. The highest BCUT2D eigenvalue weighted by Crippen LogP contribution is 2.42. The van der Waals surface area contributed by atoms with Crippen molar-refractivity contribution in [1.82, 2.24) is 4.90 Å². The van der Waals surface area contributed by atoms with Crippen LogP contribution < -0.4 is 4.74 Å². The van der Waals surface area contributed by atoms with Crippen LogP contribution >= 0.6 is 12.4 Å². The first kappa shape index (κ1) is 18.7. The normalized spacial score (nSPS) is 23.0. The largest absolute Gasteiger partial charge is 0.497 e. The highest BCUT2D eigenvalue weighted by atomic mass is 35.5. The number of hydrogen-bond donors (Lipinski definition) is 0. The van der Waals surface area contributed by atoms with Gasteiger partial charge in [0.1, 0.15) is 5.75 Å². The Bertz CT molecular complexity index is 537. The summed E-state index contributed by atoms with van der Waals surface area (Å²) in [6.45, 7) is 2.96. The van der Waals surface area contributed by atoms with Crippen LogP contribution in [0.3, 0.4) is 0 Å². The van der Waals surface area contributed by atoms with Crippen molar-refractivity contribution in [3.63, 3.8) is 0 Å². The van der Waals surface area contributed by atoms with E-state index in [2.05, 4.69) is 11.8 Å². The summed E-state index contributed by atoms with van der Waals surface area (Å²) in [6, 6.07) is 7.85. The Kier molecular flexibility index (Phi) is 6.64. The van der Waals surface area contributed by atoms with Gasteiger partial charge >= 0.3 is 0 Å². The van der Waals surface area contributed by atoms with Crippen molar-refractivity contribution in [3.05, 3.63) is 35.4 Å². The van der Waals surface area contributed by atoms with E-state index in [-0.39, 0.29) is 17.8 Å². The van der Waals surface area contributed by atoms with Gasteiger partial charge in [0.25, 0.3) is 0 Å². The summed E-state index contributed by atoms with van der Waals surface area (Å²) >= 11 is 0. The molecule has 2 rings (SSSR count). The van der Waals surface area contributed by atoms with Crippen molar-refractivity contribution in [3.8, 4) is 5.75 Å². The molecule has 22 heavy (non-hydrogen) atoms. The van der Waals surface area contributed by atoms with E-state index in [0.29, 0.717) is 5.78 Å². The Balaban J connectivity index is 0.00000242. The van der Waals surface area contributed by atoms with Crippen LogP contribution in [0.2, 0.25) is 0 Å². The molecule has 0 radical (unpaired) electrons. The molecule has 1 saturated carbocycles. The molecule has 0 N–H and O–H groups in total. The Morgan fingerprint density at radius 2 is 1.91 bits per heavy atom. The van der Waals surface area contributed by atoms with E-state index >= 15 is 0 Å². The van der Waals surface area contributed by atoms with E-state index in [9.17, 15) is 4.79 Å². The topological polar surface area (TPSA) is 29.5 Å². The SMILES string of the molecule is CCC1(CN(C)C)CCC(=Cc2ccc(OC)cc2)C1=O.Cl. The van der Waals surface area contributed by atoms with Crippen LogP contribution in [0.15, 0.2) is 29.8 Å². The maximum Gasteiger partial charge on any atom is 0.166 e. The first-order valence-corrected chi connectivity index (χ1v) is 7.55. The van der Waals surface area contributed by atoms with Crippen molar-refractivity contribution in [2.24, 2.45) is 5.41 Å². The summed E-state index contributed by atoms with van der Waals surface area (Å²) in [6.07, 6.45) is 4.79. The number of methoxy groups -OCH3 is 1. The van der Waals surface area contributed by atoms with E-state index in [1.807, 2.05) is 44.4 Å². The molecule has 0 heterocycles. The second kappa shape index (κ2) is 7.80. The van der Waals surface area contributed by atoms with Gasteiger partial charge in [0.2, 0.25) is 0 Å². The second-order valence-electron chi connectivity index (χ2n) is 6.14. The Morgan fingerprint density at radius 1 is 1.27 bits per heavy atom. The first-order chi connectivity index (χ1) is 10.0. The van der Waals surface area contributed by atoms with Crippen molar-refractivity contribution in [2.45, 2.75) is 26.2 Å². The van der Waals surface area contributed by atoms with Crippen LogP contribution in [-0.4, -0.2) is 38.4 Å². The molecule has 1 aromatic carbocycles. The number of benzene rings is 1. The van der Waals surface area contributed by atoms with Crippen LogP contribution in [-0.2, 0) is 4.79 Å². The smallest absolute Gasteiger partial charge is 0.166 e. The summed E-state index contributed by atoms with van der Waals surface area (Å²) in [7, 11) is 5.73. The monoisotopic (exact) mass is 323 g/mol. The lowest BCUT2D eigenvalue weighted by molar-refractivity contribution is -0.123. The zero-order chi connectivity index (χ0) is 15.5. The number of hydrogen-bond acceptors (Lipinski definition) is 3. The van der Waals surface area contributed by atoms with E-state index in [1.54, 1.807) is 7.11 Å². The van der Waals surface area contributed by atoms with E-state index in [0.717, 1.165) is 42.7 Å². The van der Waals surface area contributed by atoms with Crippen molar-refractivity contribution < 1.29 is 9.53 Å². The van der Waals surface area contributed by atoms with Crippen LogP contribution in [0, 0.1) is 5.41 Å². The lowest BCUT2D eigenvalue weighted by atomic mass is 9.81. The molecule has 0 bridgehead atoms. The fourth-order valence-electron chi connectivity index (χ4n) is 3.19. The second-order valence-corrected chi connectivity index (χ2v) is 6.14. The van der Waals surface area contributed by atoms with Gasteiger partial charge in [-0.05, 0) is 62.7 Å². The fraction of sp³-hybridized carbons (Fsp3) is 0.500. The third kappa shape index (κ3) is 3.90. The highest BCUT2D eigenvalue weighted by molar-refractivity contribution is 6.05. The van der Waals surface area contributed by atoms with Gasteiger partial charge in [-0.2, -0.15) is 0 Å². The lowest BCUT2D eigenvalue weighted by Gasteiger charge is -2.28. The summed E-state index contributed by atoms with van der Waals surface area (Å²) < 4.78 is 5.16. The van der Waals surface area contributed by atoms with Crippen molar-refractivity contribution in [2.75, 3.05) is 27.7 Å². The maximum atomic E-state index is 12.8. The molecule has 122 valence electrons. The van der Waals surface area contributed by atoms with Gasteiger partial charge in [0.05, 0.1) is 7.11 Å². The Hall–Kier alpha value is -1.32. The number of ether oxygens (including phenoxy) is 1. The lowest BCUT2D eigenvalue weighted by Crippen LogP contribution is -2.36. The van der Waals surface area contributed by atoms with Gasteiger partial charge < -0.3 is 9.64 Å². The van der Waals surface area contributed by atoms with E-state index in [1.165, 1.54) is 0 Å². The van der Waals surface area contributed by atoms with Crippen molar-refractivity contribution in [1.29, 1.82) is 0 Å². The molecule has 0 saturated heterocycles. The third-order valence-electron chi connectivity index (χ3n) is 4.40. The predicted octanol–water partition coefficient (Wildman–Crippen LogP) is 3.82. The summed E-state index contributed by atoms with van der Waals surface area (Å²) in [5, 5.41) is 0. The standard InChI is InChI=1S/C18H25NO2.ClH/c1-5-18(13-19(2)3)11-10-15(17(18)20)12-14-6-8-16(21-4)9-7-14;/h6-9,12H,5,10-11,13H2,1-4H3;1H. The molecule has 1 aliphatic carbocycles. The van der Waals surface area contributed by atoms with Crippen molar-refractivity contribution >= 4 is 24.3 Å². The molecule has 4 heteroatoms. The van der Waals surface area contributed by atoms with E-state index in [4.69, 9.17) is 4.74 Å². The van der Waals surface area contributed by atoms with Gasteiger partial charge in [0, 0.05) is 12.0 Å². The zero-order valence-electron chi connectivity index (χ0n) is 13.9. The quantitative estimate of drug-likeness (QED) is 0.771. The van der Waals surface area contributed by atoms with Gasteiger partial charge in [0.15, 0.2) is 5.78 Å². The average Bonchev–Trinajstić information content (AvgIpc) is 2.77. The highest BCUT2D eigenvalue weighted by Gasteiger charge is 2.43. The number of ketones is 1. The Labute approximate surface area is 139 Å². The molecule has 3 nitrogen and oxygen atoms in total. The molecule has 1 fully saturated rings. The maximum absolute atomic E-state index is 12.8. The first-order valence-electron chi connectivity index (χ1n) is 7.55.